The molecule has 3 atom stereocenters. The Labute approximate surface area is 232 Å². The third-order valence-electron chi connectivity index (χ3n) is 7.82. The van der Waals surface area contributed by atoms with Gasteiger partial charge in [-0.1, -0.05) is 19.1 Å². The summed E-state index contributed by atoms with van der Waals surface area (Å²) >= 11 is 0. The highest BCUT2D eigenvalue weighted by atomic mass is 16.5. The second-order valence-corrected chi connectivity index (χ2v) is 10.5. The topological polar surface area (TPSA) is 121 Å². The van der Waals surface area contributed by atoms with E-state index in [1.54, 1.807) is 7.11 Å². The zero-order valence-corrected chi connectivity index (χ0v) is 23.2. The fraction of sp³-hybridized carbons (Fsp3) is 0.355. The van der Waals surface area contributed by atoms with E-state index < -0.39 is 22.9 Å². The standard InChI is InChI=1S/C31H34N4O5/c1-5-21-15-20-16-23(40-4)12-13-24(20)30(32-21)33-22-10-8-19(9-11-22)14-25(31(38)39)34-26-27(29(37)28(26)36)35-17(2)6-7-18(35)3/h8-13,15-18,25,34H,5-7,14H2,1-4H3,(H,32,33)(H,38,39)/t17-,18?,25?/m0/s1. The number of aryl methyl sites for hydroxylation is 1. The molecule has 1 aliphatic rings. The fourth-order valence-electron chi connectivity index (χ4n) is 5.56. The first-order valence-corrected chi connectivity index (χ1v) is 13.6. The summed E-state index contributed by atoms with van der Waals surface area (Å²) in [6.07, 6.45) is 2.77. The number of methoxy groups -OCH3 is 1. The van der Waals surface area contributed by atoms with Gasteiger partial charge in [0.05, 0.1) is 7.11 Å². The number of anilines is 4. The molecule has 0 bridgehead atoms. The van der Waals surface area contributed by atoms with Crippen molar-refractivity contribution in [3.8, 4) is 5.75 Å². The Hall–Kier alpha value is -4.40. The maximum atomic E-state index is 12.4. The molecule has 2 unspecified atom stereocenters. The number of carbonyl (C=O) groups is 1. The van der Waals surface area contributed by atoms with Gasteiger partial charge in [-0.05, 0) is 80.5 Å². The van der Waals surface area contributed by atoms with Crippen LogP contribution in [-0.4, -0.2) is 41.3 Å². The zero-order valence-electron chi connectivity index (χ0n) is 23.2. The lowest BCUT2D eigenvalue weighted by atomic mass is 10.0. The van der Waals surface area contributed by atoms with Crippen LogP contribution in [0.15, 0.2) is 58.1 Å². The highest BCUT2D eigenvalue weighted by Crippen LogP contribution is 2.33. The van der Waals surface area contributed by atoms with Crippen molar-refractivity contribution in [2.75, 3.05) is 22.6 Å². The van der Waals surface area contributed by atoms with Gasteiger partial charge >= 0.3 is 5.97 Å². The van der Waals surface area contributed by atoms with Crippen LogP contribution in [0.4, 0.5) is 22.9 Å². The number of aromatic nitrogens is 1. The van der Waals surface area contributed by atoms with Gasteiger partial charge in [-0.3, -0.25) is 9.59 Å². The van der Waals surface area contributed by atoms with Crippen LogP contribution in [0.25, 0.3) is 10.8 Å². The number of carboxylic acids is 1. The van der Waals surface area contributed by atoms with Crippen molar-refractivity contribution >= 4 is 39.6 Å². The number of benzene rings is 2. The summed E-state index contributed by atoms with van der Waals surface area (Å²) < 4.78 is 5.37. The van der Waals surface area contributed by atoms with E-state index in [4.69, 9.17) is 9.72 Å². The van der Waals surface area contributed by atoms with Crippen LogP contribution in [0.2, 0.25) is 0 Å². The molecule has 2 heterocycles. The van der Waals surface area contributed by atoms with Gasteiger partial charge in [0.2, 0.25) is 0 Å². The molecule has 1 aliphatic heterocycles. The zero-order chi connectivity index (χ0) is 28.6. The van der Waals surface area contributed by atoms with E-state index >= 15 is 0 Å². The normalized spacial score (nSPS) is 17.8. The van der Waals surface area contributed by atoms with Gasteiger partial charge in [-0.15, -0.1) is 0 Å². The third kappa shape index (κ3) is 5.11. The Balaban J connectivity index is 1.34. The lowest BCUT2D eigenvalue weighted by Gasteiger charge is -2.32. The number of rotatable bonds is 10. The molecule has 1 saturated heterocycles. The second-order valence-electron chi connectivity index (χ2n) is 10.5. The van der Waals surface area contributed by atoms with Crippen LogP contribution in [0.3, 0.4) is 0 Å². The average Bonchev–Trinajstić information content (AvgIpc) is 3.28. The summed E-state index contributed by atoms with van der Waals surface area (Å²) in [5.74, 6) is 0.414. The molecule has 9 nitrogen and oxygen atoms in total. The van der Waals surface area contributed by atoms with E-state index in [1.165, 1.54) is 0 Å². The molecular formula is C31H34N4O5. The monoisotopic (exact) mass is 542 g/mol. The number of nitrogens with one attached hydrogen (secondary N) is 2. The van der Waals surface area contributed by atoms with Gasteiger partial charge in [0.25, 0.3) is 10.9 Å². The van der Waals surface area contributed by atoms with E-state index in [9.17, 15) is 19.5 Å². The van der Waals surface area contributed by atoms with Crippen LogP contribution >= 0.6 is 0 Å². The van der Waals surface area contributed by atoms with E-state index in [-0.39, 0.29) is 24.2 Å². The van der Waals surface area contributed by atoms with Gasteiger partial charge in [0.1, 0.15) is 29.0 Å². The lowest BCUT2D eigenvalue weighted by molar-refractivity contribution is -0.137. The van der Waals surface area contributed by atoms with Crippen LogP contribution in [0, 0.1) is 0 Å². The summed E-state index contributed by atoms with van der Waals surface area (Å²) in [5, 5.41) is 18.2. The minimum Gasteiger partial charge on any atom is -0.497 e. The second kappa shape index (κ2) is 11.0. The average molecular weight is 543 g/mol. The number of pyridine rings is 1. The van der Waals surface area contributed by atoms with Crippen molar-refractivity contribution in [3.63, 3.8) is 0 Å². The van der Waals surface area contributed by atoms with Crippen LogP contribution < -0.4 is 31.1 Å². The molecule has 208 valence electrons. The molecule has 4 aromatic rings. The molecule has 0 radical (unpaired) electrons. The Morgan fingerprint density at radius 1 is 1.07 bits per heavy atom. The molecule has 1 fully saturated rings. The van der Waals surface area contributed by atoms with E-state index in [0.29, 0.717) is 5.69 Å². The number of hydrogen-bond acceptors (Lipinski definition) is 8. The van der Waals surface area contributed by atoms with Crippen LogP contribution in [0.1, 0.15) is 44.9 Å². The van der Waals surface area contributed by atoms with Gasteiger partial charge in [-0.2, -0.15) is 0 Å². The van der Waals surface area contributed by atoms with Crippen molar-refractivity contribution < 1.29 is 14.6 Å². The highest BCUT2D eigenvalue weighted by Gasteiger charge is 2.36. The van der Waals surface area contributed by atoms with Crippen LogP contribution in [0.5, 0.6) is 5.75 Å². The van der Waals surface area contributed by atoms with E-state index in [1.807, 2.05) is 61.2 Å². The summed E-state index contributed by atoms with van der Waals surface area (Å²) in [6.45, 7) is 6.09. The number of hydrogen-bond donors (Lipinski definition) is 3. The molecule has 1 aromatic heterocycles. The summed E-state index contributed by atoms with van der Waals surface area (Å²) in [7, 11) is 1.64. The maximum absolute atomic E-state index is 12.4. The van der Waals surface area contributed by atoms with Gasteiger partial charge in [-0.25, -0.2) is 9.78 Å². The summed E-state index contributed by atoms with van der Waals surface area (Å²) in [6, 6.07) is 14.5. The first-order chi connectivity index (χ1) is 19.2. The number of nitrogens with zero attached hydrogens (tertiary/aromatic N) is 2. The quantitative estimate of drug-likeness (QED) is 0.246. The molecular weight excluding hydrogens is 508 g/mol. The Bertz CT molecular complexity index is 1610. The minimum absolute atomic E-state index is 0.113. The molecule has 5 rings (SSSR count). The first-order valence-electron chi connectivity index (χ1n) is 13.6. The molecule has 0 saturated carbocycles. The van der Waals surface area contributed by atoms with Crippen LogP contribution in [-0.2, 0) is 17.6 Å². The molecule has 0 aliphatic carbocycles. The predicted molar refractivity (Wildman–Crippen MR) is 158 cm³/mol. The lowest BCUT2D eigenvalue weighted by Crippen LogP contribution is -2.48. The van der Waals surface area contributed by atoms with E-state index in [2.05, 4.69) is 23.6 Å². The van der Waals surface area contributed by atoms with Crippen molar-refractivity contribution in [1.29, 1.82) is 0 Å². The molecule has 0 amide bonds. The molecule has 3 N–H and O–H groups in total. The van der Waals surface area contributed by atoms with Crippen molar-refractivity contribution in [1.82, 2.24) is 4.98 Å². The predicted octanol–water partition coefficient (Wildman–Crippen LogP) is 4.63. The van der Waals surface area contributed by atoms with Crippen molar-refractivity contribution in [2.45, 2.75) is 64.6 Å². The van der Waals surface area contributed by atoms with Gasteiger partial charge in [0.15, 0.2) is 0 Å². The minimum atomic E-state index is -1.09. The van der Waals surface area contributed by atoms with Gasteiger partial charge in [0, 0.05) is 35.3 Å². The van der Waals surface area contributed by atoms with Crippen molar-refractivity contribution in [3.05, 3.63) is 80.2 Å². The Morgan fingerprint density at radius 2 is 1.77 bits per heavy atom. The number of ether oxygens (including phenoxy) is 1. The molecule has 0 spiro atoms. The highest BCUT2D eigenvalue weighted by molar-refractivity contribution is 5.94. The number of aliphatic carboxylic acids is 1. The Kier molecular flexibility index (Phi) is 7.47. The van der Waals surface area contributed by atoms with Crippen molar-refractivity contribution in [2.24, 2.45) is 0 Å². The maximum Gasteiger partial charge on any atom is 0.326 e. The smallest absolute Gasteiger partial charge is 0.326 e. The number of carboxylic acid groups (broad SMARTS) is 1. The first kappa shape index (κ1) is 27.2. The largest absolute Gasteiger partial charge is 0.497 e. The SMILES string of the molecule is CCc1cc2cc(OC)ccc2c(Nc2ccc(CC(Nc3c(N4C(C)CC[C@@H]4C)c(=O)c3=O)C(=O)O)cc2)n1. The molecule has 9 heteroatoms. The molecule has 40 heavy (non-hydrogen) atoms. The third-order valence-corrected chi connectivity index (χ3v) is 7.82. The summed E-state index contributed by atoms with van der Waals surface area (Å²) in [4.78, 5) is 43.7. The van der Waals surface area contributed by atoms with E-state index in [0.717, 1.165) is 58.5 Å². The Morgan fingerprint density at radius 3 is 2.40 bits per heavy atom. The molecule has 3 aromatic carbocycles. The summed E-state index contributed by atoms with van der Waals surface area (Å²) in [5.41, 5.74) is 1.77. The fourth-order valence-corrected chi connectivity index (χ4v) is 5.56. The van der Waals surface area contributed by atoms with Gasteiger partial charge < -0.3 is 25.4 Å². The number of fused-ring (bicyclic) bond motifs is 1.